The van der Waals surface area contributed by atoms with Crippen LogP contribution < -0.4 is 27.0 Å². The lowest BCUT2D eigenvalue weighted by Crippen LogP contribution is -2.45. The molecule has 2 aromatic carbocycles. The van der Waals surface area contributed by atoms with Crippen LogP contribution in [0.25, 0.3) is 0 Å². The lowest BCUT2D eigenvalue weighted by atomic mass is 10.3. The average molecular weight is 440 g/mol. The third-order valence-corrected chi connectivity index (χ3v) is 3.66. The van der Waals surface area contributed by atoms with E-state index in [2.05, 4.69) is 42.9 Å². The molecule has 5 N–H and O–H groups in total. The fraction of sp³-hybridized carbons (Fsp3) is 0.0625. The Morgan fingerprint density at radius 3 is 2.12 bits per heavy atom. The Morgan fingerprint density at radius 1 is 0.885 bits per heavy atom. The summed E-state index contributed by atoms with van der Waals surface area (Å²) >= 11 is 8.36. The highest BCUT2D eigenvalue weighted by Gasteiger charge is 2.09. The second-order valence-electron chi connectivity index (χ2n) is 4.99. The maximum absolute atomic E-state index is 12.8. The minimum absolute atomic E-state index is 0.172. The number of thiocarbonyl (C=S) groups is 1. The SMILES string of the molecule is O=C(CC(=O)NNc1ccc(F)cc1)NNC(=S)Nc1ccc(Br)cc1. The van der Waals surface area contributed by atoms with E-state index in [1.807, 2.05) is 12.1 Å². The Balaban J connectivity index is 1.67. The number of carbonyl (C=O) groups excluding carboxylic acids is 2. The molecule has 0 aliphatic rings. The Hall–Kier alpha value is -2.72. The maximum atomic E-state index is 12.8. The number of hydrazine groups is 2. The van der Waals surface area contributed by atoms with E-state index in [1.54, 1.807) is 12.1 Å². The van der Waals surface area contributed by atoms with E-state index >= 15 is 0 Å². The third kappa shape index (κ3) is 7.03. The summed E-state index contributed by atoms with van der Waals surface area (Å²) in [4.78, 5) is 23.4. The van der Waals surface area contributed by atoms with Crippen molar-refractivity contribution >= 4 is 56.4 Å². The molecule has 10 heteroatoms. The number of benzene rings is 2. The van der Waals surface area contributed by atoms with Gasteiger partial charge >= 0.3 is 0 Å². The van der Waals surface area contributed by atoms with E-state index in [1.165, 1.54) is 24.3 Å². The zero-order valence-corrected chi connectivity index (χ0v) is 15.7. The largest absolute Gasteiger partial charge is 0.331 e. The van der Waals surface area contributed by atoms with Crippen molar-refractivity contribution in [3.8, 4) is 0 Å². The number of anilines is 2. The molecule has 0 unspecified atom stereocenters. The van der Waals surface area contributed by atoms with Crippen molar-refractivity contribution in [2.45, 2.75) is 6.42 Å². The fourth-order valence-corrected chi connectivity index (χ4v) is 2.16. The summed E-state index contributed by atoms with van der Waals surface area (Å²) in [5.41, 5.74) is 10.9. The van der Waals surface area contributed by atoms with Crippen LogP contribution in [0.3, 0.4) is 0 Å². The zero-order chi connectivity index (χ0) is 18.9. The lowest BCUT2D eigenvalue weighted by molar-refractivity contribution is -0.129. The van der Waals surface area contributed by atoms with Gasteiger partial charge in [-0.05, 0) is 60.7 Å². The molecule has 26 heavy (non-hydrogen) atoms. The van der Waals surface area contributed by atoms with Gasteiger partial charge in [-0.25, -0.2) is 4.39 Å². The van der Waals surface area contributed by atoms with Gasteiger partial charge in [-0.15, -0.1) is 0 Å². The van der Waals surface area contributed by atoms with Crippen LogP contribution in [0.2, 0.25) is 0 Å². The minimum Gasteiger partial charge on any atom is -0.331 e. The molecule has 0 aromatic heterocycles. The predicted molar refractivity (Wildman–Crippen MR) is 104 cm³/mol. The summed E-state index contributed by atoms with van der Waals surface area (Å²) in [6, 6.07) is 12.6. The average Bonchev–Trinajstić information content (AvgIpc) is 2.61. The highest BCUT2D eigenvalue weighted by molar-refractivity contribution is 9.10. The smallest absolute Gasteiger partial charge is 0.247 e. The molecule has 0 radical (unpaired) electrons. The summed E-state index contributed by atoms with van der Waals surface area (Å²) in [6.07, 6.45) is -0.428. The van der Waals surface area contributed by atoms with Gasteiger partial charge in [0.1, 0.15) is 12.2 Å². The molecule has 0 fully saturated rings. The Bertz CT molecular complexity index is 786. The molecule has 0 saturated heterocycles. The van der Waals surface area contributed by atoms with Crippen molar-refractivity contribution in [1.29, 1.82) is 0 Å². The monoisotopic (exact) mass is 439 g/mol. The maximum Gasteiger partial charge on any atom is 0.247 e. The topological polar surface area (TPSA) is 94.3 Å². The Morgan fingerprint density at radius 2 is 1.46 bits per heavy atom. The van der Waals surface area contributed by atoms with Gasteiger partial charge in [0.15, 0.2) is 5.11 Å². The highest BCUT2D eigenvalue weighted by Crippen LogP contribution is 2.13. The predicted octanol–water partition coefficient (Wildman–Crippen LogP) is 2.44. The number of amides is 2. The van der Waals surface area contributed by atoms with Crippen LogP contribution in [0.15, 0.2) is 53.0 Å². The second kappa shape index (κ2) is 9.68. The van der Waals surface area contributed by atoms with Crippen LogP contribution in [0.4, 0.5) is 15.8 Å². The van der Waals surface area contributed by atoms with Crippen LogP contribution in [-0.4, -0.2) is 16.9 Å². The van der Waals surface area contributed by atoms with Gasteiger partial charge < -0.3 is 5.32 Å². The van der Waals surface area contributed by atoms with E-state index < -0.39 is 18.2 Å². The van der Waals surface area contributed by atoms with Gasteiger partial charge in [-0.1, -0.05) is 15.9 Å². The number of nitrogens with one attached hydrogen (secondary N) is 5. The molecule has 2 rings (SSSR count). The van der Waals surface area contributed by atoms with Crippen molar-refractivity contribution in [1.82, 2.24) is 16.3 Å². The molecule has 0 atom stereocenters. The number of halogens is 2. The first-order valence-electron chi connectivity index (χ1n) is 7.34. The molecular formula is C16H15BrFN5O2S. The quantitative estimate of drug-likeness (QED) is 0.279. The normalized spacial score (nSPS) is 9.77. The van der Waals surface area contributed by atoms with E-state index in [4.69, 9.17) is 12.2 Å². The number of hydrogen-bond acceptors (Lipinski definition) is 4. The fourth-order valence-electron chi connectivity index (χ4n) is 1.73. The molecule has 0 heterocycles. The minimum atomic E-state index is -0.580. The van der Waals surface area contributed by atoms with Crippen molar-refractivity contribution in [3.05, 3.63) is 58.8 Å². The molecule has 0 aliphatic heterocycles. The van der Waals surface area contributed by atoms with E-state index in [0.717, 1.165) is 10.2 Å². The first-order valence-corrected chi connectivity index (χ1v) is 8.54. The van der Waals surface area contributed by atoms with Crippen molar-refractivity contribution in [2.24, 2.45) is 0 Å². The van der Waals surface area contributed by atoms with Gasteiger partial charge in [0, 0.05) is 10.2 Å². The molecule has 0 spiro atoms. The van der Waals surface area contributed by atoms with Crippen LogP contribution >= 0.6 is 28.1 Å². The first kappa shape index (κ1) is 19.6. The summed E-state index contributed by atoms with van der Waals surface area (Å²) in [5.74, 6) is -1.54. The van der Waals surface area contributed by atoms with E-state index in [0.29, 0.717) is 5.69 Å². The standard InChI is InChI=1S/C16H15BrFN5O2S/c17-10-1-5-12(6-2-10)19-16(26)23-22-15(25)9-14(24)21-20-13-7-3-11(18)4-8-13/h1-8,20H,9H2,(H,21,24)(H,22,25)(H2,19,23,26). The van der Waals surface area contributed by atoms with Gasteiger partial charge in [0.2, 0.25) is 11.8 Å². The van der Waals surface area contributed by atoms with Gasteiger partial charge in [0.25, 0.3) is 0 Å². The Kier molecular flexibility index (Phi) is 7.30. The van der Waals surface area contributed by atoms with Crippen LogP contribution in [0.5, 0.6) is 0 Å². The first-order chi connectivity index (χ1) is 12.4. The van der Waals surface area contributed by atoms with Gasteiger partial charge in [0.05, 0.1) is 5.69 Å². The van der Waals surface area contributed by atoms with Gasteiger partial charge in [-0.2, -0.15) is 0 Å². The summed E-state index contributed by atoms with van der Waals surface area (Å²) in [5, 5.41) is 3.04. The van der Waals surface area contributed by atoms with Crippen LogP contribution in [0.1, 0.15) is 6.42 Å². The summed E-state index contributed by atoms with van der Waals surface area (Å²) in [7, 11) is 0. The van der Waals surface area contributed by atoms with Crippen molar-refractivity contribution in [3.63, 3.8) is 0 Å². The lowest BCUT2D eigenvalue weighted by Gasteiger charge is -2.12. The molecule has 2 aromatic rings. The van der Waals surface area contributed by atoms with Crippen molar-refractivity contribution < 1.29 is 14.0 Å². The van der Waals surface area contributed by atoms with Crippen LogP contribution in [0, 0.1) is 5.82 Å². The zero-order valence-electron chi connectivity index (χ0n) is 13.3. The summed E-state index contributed by atoms with van der Waals surface area (Å²) < 4.78 is 13.7. The molecule has 7 nitrogen and oxygen atoms in total. The number of hydrogen-bond donors (Lipinski definition) is 5. The van der Waals surface area contributed by atoms with Crippen molar-refractivity contribution in [2.75, 3.05) is 10.7 Å². The molecule has 0 bridgehead atoms. The number of rotatable bonds is 5. The molecule has 0 aliphatic carbocycles. The van der Waals surface area contributed by atoms with E-state index in [-0.39, 0.29) is 10.9 Å². The van der Waals surface area contributed by atoms with Crippen LogP contribution in [-0.2, 0) is 9.59 Å². The Labute approximate surface area is 162 Å². The molecule has 0 saturated carbocycles. The van der Waals surface area contributed by atoms with E-state index in [9.17, 15) is 14.0 Å². The second-order valence-corrected chi connectivity index (χ2v) is 6.31. The molecular weight excluding hydrogens is 425 g/mol. The molecule has 2 amide bonds. The highest BCUT2D eigenvalue weighted by atomic mass is 79.9. The van der Waals surface area contributed by atoms with Gasteiger partial charge in [-0.3, -0.25) is 31.3 Å². The third-order valence-electron chi connectivity index (χ3n) is 2.93. The number of carbonyl (C=O) groups is 2. The summed E-state index contributed by atoms with van der Waals surface area (Å²) in [6.45, 7) is 0. The molecule has 136 valence electrons.